The van der Waals surface area contributed by atoms with Crippen molar-refractivity contribution in [1.82, 2.24) is 29.7 Å². The van der Waals surface area contributed by atoms with Crippen LogP contribution in [-0.2, 0) is 30.2 Å². The maximum Gasteiger partial charge on any atom is 0.323 e. The SMILES string of the molecule is CC(C)OC(=O)[C@H](C)N[P@](=O)(CO[C@H](C)Cn1cnc2c(N)ncnc21)N[C@H](C)CC(=O)O. The van der Waals surface area contributed by atoms with Gasteiger partial charge in [-0.25, -0.2) is 25.1 Å². The van der Waals surface area contributed by atoms with E-state index in [-0.39, 0.29) is 24.7 Å². The maximum atomic E-state index is 13.6. The molecule has 13 nitrogen and oxygen atoms in total. The van der Waals surface area contributed by atoms with Gasteiger partial charge in [-0.05, 0) is 34.6 Å². The number of nitrogen functional groups attached to an aromatic ring is 1. The first kappa shape index (κ1) is 26.7. The number of esters is 1. The number of nitrogens with zero attached hydrogens (tertiary/aromatic N) is 4. The quantitative estimate of drug-likeness (QED) is 0.236. The fourth-order valence-corrected chi connectivity index (χ4v) is 5.29. The summed E-state index contributed by atoms with van der Waals surface area (Å²) < 4.78 is 26.3. The van der Waals surface area contributed by atoms with Gasteiger partial charge in [0.25, 0.3) is 0 Å². The highest BCUT2D eigenvalue weighted by Gasteiger charge is 2.31. The van der Waals surface area contributed by atoms with Gasteiger partial charge in [-0.15, -0.1) is 0 Å². The van der Waals surface area contributed by atoms with Gasteiger partial charge in [0.15, 0.2) is 11.5 Å². The molecule has 0 aliphatic heterocycles. The highest BCUT2D eigenvalue weighted by molar-refractivity contribution is 7.59. The summed E-state index contributed by atoms with van der Waals surface area (Å²) in [6.45, 7) is 8.64. The van der Waals surface area contributed by atoms with Crippen molar-refractivity contribution in [2.45, 2.75) is 71.9 Å². The Morgan fingerprint density at radius 1 is 1.18 bits per heavy atom. The second-order valence-corrected chi connectivity index (χ2v) is 10.4. The Bertz CT molecular complexity index is 1010. The lowest BCUT2D eigenvalue weighted by Gasteiger charge is -2.28. The molecule has 2 aromatic rings. The molecule has 0 aliphatic rings. The van der Waals surface area contributed by atoms with Gasteiger partial charge in [0.1, 0.15) is 24.2 Å². The van der Waals surface area contributed by atoms with Crippen LogP contribution in [0.15, 0.2) is 12.7 Å². The summed E-state index contributed by atoms with van der Waals surface area (Å²) in [5.41, 5.74) is 6.82. The largest absolute Gasteiger partial charge is 0.481 e. The zero-order chi connectivity index (χ0) is 24.8. The van der Waals surface area contributed by atoms with E-state index in [1.807, 2.05) is 0 Å². The van der Waals surface area contributed by atoms with Gasteiger partial charge in [0.2, 0.25) is 7.44 Å². The number of carboxylic acids is 1. The summed E-state index contributed by atoms with van der Waals surface area (Å²) in [7, 11) is -3.54. The first-order valence-corrected chi connectivity index (χ1v) is 12.4. The van der Waals surface area contributed by atoms with Crippen LogP contribution in [0.5, 0.6) is 0 Å². The number of aromatic nitrogens is 4. The third kappa shape index (κ3) is 8.04. The van der Waals surface area contributed by atoms with Crippen molar-refractivity contribution >= 4 is 36.4 Å². The molecular formula is C19H32N7O6P. The third-order valence-corrected chi connectivity index (χ3v) is 6.62. The summed E-state index contributed by atoms with van der Waals surface area (Å²) in [6, 6.07) is -1.54. The van der Waals surface area contributed by atoms with E-state index in [9.17, 15) is 14.2 Å². The van der Waals surface area contributed by atoms with E-state index >= 15 is 0 Å². The number of rotatable bonds is 13. The fraction of sp³-hybridized carbons (Fsp3) is 0.632. The number of hydrogen-bond donors (Lipinski definition) is 4. The summed E-state index contributed by atoms with van der Waals surface area (Å²) in [6.07, 6.45) is 1.59. The van der Waals surface area contributed by atoms with E-state index in [0.717, 1.165) is 0 Å². The molecule has 184 valence electrons. The summed E-state index contributed by atoms with van der Waals surface area (Å²) in [5, 5.41) is 14.6. The average molecular weight is 485 g/mol. The second kappa shape index (κ2) is 11.5. The highest BCUT2D eigenvalue weighted by Crippen LogP contribution is 2.38. The standard InChI is InChI=1S/C19H32N7O6P/c1-11(2)32-19(29)14(5)25-33(30,24-12(3)6-15(27)28)10-31-13(4)7-26-9-23-16-17(20)21-8-22-18(16)26/h8-9,11-14H,6-7,10H2,1-5H3,(H,27,28)(H2,20,21,22)(H2,24,25,30)/t12-,13-,14+,33+/m1/s1. The van der Waals surface area contributed by atoms with Crippen LogP contribution >= 0.6 is 7.44 Å². The lowest BCUT2D eigenvalue weighted by atomic mass is 10.3. The van der Waals surface area contributed by atoms with Crippen molar-refractivity contribution in [3.05, 3.63) is 12.7 Å². The average Bonchev–Trinajstić information content (AvgIpc) is 3.09. The van der Waals surface area contributed by atoms with E-state index in [1.54, 1.807) is 38.6 Å². The van der Waals surface area contributed by atoms with Crippen molar-refractivity contribution < 1.29 is 28.7 Å². The molecule has 2 aromatic heterocycles. The number of aliphatic carboxylic acids is 1. The number of imidazole rings is 1. The molecule has 0 saturated heterocycles. The van der Waals surface area contributed by atoms with Crippen LogP contribution in [0.1, 0.15) is 41.0 Å². The first-order valence-electron chi connectivity index (χ1n) is 10.5. The van der Waals surface area contributed by atoms with E-state index in [4.69, 9.17) is 20.3 Å². The Morgan fingerprint density at radius 2 is 1.88 bits per heavy atom. The molecule has 4 atom stereocenters. The van der Waals surface area contributed by atoms with Crippen molar-refractivity contribution in [3.8, 4) is 0 Å². The van der Waals surface area contributed by atoms with Crippen LogP contribution in [0.3, 0.4) is 0 Å². The van der Waals surface area contributed by atoms with Crippen LogP contribution < -0.4 is 15.9 Å². The van der Waals surface area contributed by atoms with Gasteiger partial charge >= 0.3 is 11.9 Å². The normalized spacial score (nSPS) is 16.3. The molecule has 0 aliphatic carbocycles. The number of carboxylic acid groups (broad SMARTS) is 1. The van der Waals surface area contributed by atoms with Gasteiger partial charge < -0.3 is 24.9 Å². The van der Waals surface area contributed by atoms with Crippen LogP contribution in [0, 0.1) is 0 Å². The Balaban J connectivity index is 2.08. The molecule has 0 saturated carbocycles. The van der Waals surface area contributed by atoms with Crippen LogP contribution in [0.4, 0.5) is 5.82 Å². The van der Waals surface area contributed by atoms with E-state index in [1.165, 1.54) is 13.3 Å². The van der Waals surface area contributed by atoms with Crippen molar-refractivity contribution in [1.29, 1.82) is 0 Å². The van der Waals surface area contributed by atoms with Gasteiger partial charge in [-0.2, -0.15) is 0 Å². The number of ether oxygens (including phenoxy) is 2. The minimum absolute atomic E-state index is 0.256. The van der Waals surface area contributed by atoms with Crippen molar-refractivity contribution in [3.63, 3.8) is 0 Å². The van der Waals surface area contributed by atoms with Gasteiger partial charge in [-0.1, -0.05) is 0 Å². The number of anilines is 1. The predicted octanol–water partition coefficient (Wildman–Crippen LogP) is 1.35. The molecular weight excluding hydrogens is 453 g/mol. The Labute approximate surface area is 191 Å². The lowest BCUT2D eigenvalue weighted by molar-refractivity contribution is -0.149. The molecule has 0 spiro atoms. The third-order valence-electron chi connectivity index (χ3n) is 4.44. The zero-order valence-corrected chi connectivity index (χ0v) is 20.3. The van der Waals surface area contributed by atoms with Crippen molar-refractivity contribution in [2.24, 2.45) is 0 Å². The molecule has 33 heavy (non-hydrogen) atoms. The number of nitrogens with two attached hydrogens (primary N) is 1. The highest BCUT2D eigenvalue weighted by atomic mass is 31.2. The number of carbonyl (C=O) groups is 2. The summed E-state index contributed by atoms with van der Waals surface area (Å²) in [4.78, 5) is 35.5. The number of hydrogen-bond acceptors (Lipinski definition) is 9. The van der Waals surface area contributed by atoms with Crippen LogP contribution in [-0.4, -0.2) is 67.2 Å². The van der Waals surface area contributed by atoms with Gasteiger partial charge in [-0.3, -0.25) is 14.2 Å². The maximum absolute atomic E-state index is 13.6. The molecule has 2 rings (SSSR count). The molecule has 0 radical (unpaired) electrons. The summed E-state index contributed by atoms with van der Waals surface area (Å²) in [5.74, 6) is -1.36. The topological polar surface area (TPSA) is 184 Å². The molecule has 5 N–H and O–H groups in total. The molecule has 0 bridgehead atoms. The number of fused-ring (bicyclic) bond motifs is 1. The van der Waals surface area contributed by atoms with E-state index < -0.39 is 37.6 Å². The smallest absolute Gasteiger partial charge is 0.323 e. The number of nitrogens with one attached hydrogen (secondary N) is 2. The first-order chi connectivity index (χ1) is 15.4. The molecule has 0 fully saturated rings. The lowest BCUT2D eigenvalue weighted by Crippen LogP contribution is -2.41. The number of carbonyl (C=O) groups excluding carboxylic acids is 1. The van der Waals surface area contributed by atoms with Crippen molar-refractivity contribution in [2.75, 3.05) is 12.1 Å². The van der Waals surface area contributed by atoms with E-state index in [2.05, 4.69) is 25.1 Å². The molecule has 0 aromatic carbocycles. The predicted molar refractivity (Wildman–Crippen MR) is 121 cm³/mol. The van der Waals surface area contributed by atoms with Crippen LogP contribution in [0.2, 0.25) is 0 Å². The van der Waals surface area contributed by atoms with Crippen LogP contribution in [0.25, 0.3) is 11.2 Å². The Hall–Kier alpha value is -2.60. The molecule has 14 heteroatoms. The summed E-state index contributed by atoms with van der Waals surface area (Å²) >= 11 is 0. The molecule has 0 amide bonds. The van der Waals surface area contributed by atoms with Gasteiger partial charge in [0, 0.05) is 6.04 Å². The molecule has 2 heterocycles. The second-order valence-electron chi connectivity index (χ2n) is 8.14. The Kier molecular flexibility index (Phi) is 9.29. The van der Waals surface area contributed by atoms with Gasteiger partial charge in [0.05, 0.1) is 31.5 Å². The molecule has 0 unspecified atom stereocenters. The minimum Gasteiger partial charge on any atom is -0.481 e. The zero-order valence-electron chi connectivity index (χ0n) is 19.4. The van der Waals surface area contributed by atoms with E-state index in [0.29, 0.717) is 17.7 Å². The Morgan fingerprint density at radius 3 is 2.52 bits per heavy atom. The monoisotopic (exact) mass is 485 g/mol. The fourth-order valence-electron chi connectivity index (χ4n) is 3.07. The minimum atomic E-state index is -3.54.